The van der Waals surface area contributed by atoms with Crippen LogP contribution in [0, 0.1) is 0 Å². The van der Waals surface area contributed by atoms with Crippen LogP contribution in [0.5, 0.6) is 0 Å². The van der Waals surface area contributed by atoms with E-state index in [-0.39, 0.29) is 12.4 Å². The number of hydrogen-bond acceptors (Lipinski definition) is 3. The van der Waals surface area contributed by atoms with Crippen molar-refractivity contribution in [2.24, 2.45) is 22.3 Å². The van der Waals surface area contributed by atoms with Gasteiger partial charge >= 0.3 is 0 Å². The van der Waals surface area contributed by atoms with Gasteiger partial charge in [0.1, 0.15) is 0 Å². The summed E-state index contributed by atoms with van der Waals surface area (Å²) in [5.74, 6) is 4.65. The molecule has 0 unspecified atom stereocenters. The highest BCUT2D eigenvalue weighted by atomic mass is 16.1. The number of hydrazine groups is 1. The minimum Gasteiger partial charge on any atom is -0.370 e. The first kappa shape index (κ1) is 10.7. The summed E-state index contributed by atoms with van der Waals surface area (Å²) in [5.41, 5.74) is 11.9. The summed E-state index contributed by atoms with van der Waals surface area (Å²) in [7, 11) is 0. The number of primary amides is 1. The van der Waals surface area contributed by atoms with E-state index in [1.54, 1.807) is 13.8 Å². The predicted octanol–water partition coefficient (Wildman–Crippen LogP) is -1.58. The van der Waals surface area contributed by atoms with E-state index in [0.717, 1.165) is 0 Å². The largest absolute Gasteiger partial charge is 0.370 e. The molecule has 0 aromatic heterocycles. The summed E-state index contributed by atoms with van der Waals surface area (Å²) in [6, 6.07) is 0. The summed E-state index contributed by atoms with van der Waals surface area (Å²) in [4.78, 5) is 14.5. The second-order valence-corrected chi connectivity index (χ2v) is 3.10. The second kappa shape index (κ2) is 3.91. The van der Waals surface area contributed by atoms with Crippen molar-refractivity contribution in [3.05, 3.63) is 0 Å². The molecule has 0 aliphatic heterocycles. The maximum absolute atomic E-state index is 10.5. The van der Waals surface area contributed by atoms with Crippen LogP contribution in [-0.2, 0) is 4.79 Å². The average molecular weight is 173 g/mol. The Labute approximate surface area is 71.2 Å². The Hall–Kier alpha value is -1.30. The number of nitrogens with two attached hydrogens (primary N) is 3. The van der Waals surface area contributed by atoms with Crippen LogP contribution in [0.1, 0.15) is 20.3 Å². The molecule has 7 N–H and O–H groups in total. The molecule has 0 aromatic carbocycles. The van der Waals surface area contributed by atoms with Crippen molar-refractivity contribution in [2.45, 2.75) is 25.8 Å². The molecule has 0 fully saturated rings. The highest BCUT2D eigenvalue weighted by molar-refractivity contribution is 5.79. The fraction of sp³-hybridized carbons (Fsp3) is 0.667. The van der Waals surface area contributed by atoms with Gasteiger partial charge in [0, 0.05) is 0 Å². The van der Waals surface area contributed by atoms with Gasteiger partial charge in [-0.1, -0.05) is 0 Å². The Balaban J connectivity index is 4.30. The third kappa shape index (κ3) is 4.51. The molecule has 0 rings (SSSR count). The number of guanidine groups is 1. The predicted molar refractivity (Wildman–Crippen MR) is 46.8 cm³/mol. The van der Waals surface area contributed by atoms with E-state index in [0.29, 0.717) is 0 Å². The van der Waals surface area contributed by atoms with Crippen molar-refractivity contribution >= 4 is 11.9 Å². The lowest BCUT2D eigenvalue weighted by atomic mass is 10.0. The topological polar surface area (TPSA) is 120 Å². The SMILES string of the molecule is CC(C)(CC(N)=O)N=C(N)NN. The van der Waals surface area contributed by atoms with Gasteiger partial charge in [0.25, 0.3) is 0 Å². The normalized spacial score (nSPS) is 12.8. The van der Waals surface area contributed by atoms with Gasteiger partial charge in [-0.15, -0.1) is 0 Å². The van der Waals surface area contributed by atoms with Crippen molar-refractivity contribution in [1.29, 1.82) is 0 Å². The molecule has 6 heteroatoms. The van der Waals surface area contributed by atoms with Gasteiger partial charge in [0.15, 0.2) is 0 Å². The number of hydrogen-bond donors (Lipinski definition) is 4. The summed E-state index contributed by atoms with van der Waals surface area (Å²) in [5, 5.41) is 0. The van der Waals surface area contributed by atoms with Crippen LogP contribution in [0.4, 0.5) is 0 Å². The molecule has 0 bridgehead atoms. The Kier molecular flexibility index (Phi) is 3.49. The maximum Gasteiger partial charge on any atom is 0.219 e. The number of rotatable bonds is 3. The lowest BCUT2D eigenvalue weighted by molar-refractivity contribution is -0.118. The highest BCUT2D eigenvalue weighted by Gasteiger charge is 2.19. The molecule has 0 radical (unpaired) electrons. The van der Waals surface area contributed by atoms with E-state index in [1.807, 2.05) is 0 Å². The molecule has 0 saturated carbocycles. The van der Waals surface area contributed by atoms with Gasteiger partial charge in [0.2, 0.25) is 11.9 Å². The average Bonchev–Trinajstić information content (AvgIpc) is 1.83. The molecular weight excluding hydrogens is 158 g/mol. The minimum absolute atomic E-state index is 0.0845. The quantitative estimate of drug-likeness (QED) is 0.178. The third-order valence-electron chi connectivity index (χ3n) is 1.18. The first-order valence-corrected chi connectivity index (χ1v) is 3.47. The van der Waals surface area contributed by atoms with E-state index in [9.17, 15) is 4.79 Å². The lowest BCUT2D eigenvalue weighted by Crippen LogP contribution is -2.40. The molecule has 0 atom stereocenters. The molecule has 70 valence electrons. The van der Waals surface area contributed by atoms with Gasteiger partial charge in [-0.2, -0.15) is 0 Å². The van der Waals surface area contributed by atoms with E-state index in [2.05, 4.69) is 10.4 Å². The highest BCUT2D eigenvalue weighted by Crippen LogP contribution is 2.12. The van der Waals surface area contributed by atoms with Crippen LogP contribution < -0.4 is 22.7 Å². The van der Waals surface area contributed by atoms with Crippen molar-refractivity contribution in [3.63, 3.8) is 0 Å². The molecule has 0 spiro atoms. The fourth-order valence-corrected chi connectivity index (χ4v) is 0.824. The molecule has 1 amide bonds. The van der Waals surface area contributed by atoms with Crippen molar-refractivity contribution in [1.82, 2.24) is 5.43 Å². The van der Waals surface area contributed by atoms with Gasteiger partial charge in [-0.25, -0.2) is 10.8 Å². The first-order valence-electron chi connectivity index (χ1n) is 3.47. The van der Waals surface area contributed by atoms with Crippen LogP contribution in [0.3, 0.4) is 0 Å². The van der Waals surface area contributed by atoms with E-state index < -0.39 is 11.4 Å². The van der Waals surface area contributed by atoms with Gasteiger partial charge in [-0.3, -0.25) is 10.2 Å². The molecule has 0 saturated heterocycles. The summed E-state index contributed by atoms with van der Waals surface area (Å²) < 4.78 is 0. The Bertz CT molecular complexity index is 198. The Morgan fingerprint density at radius 1 is 1.50 bits per heavy atom. The zero-order valence-corrected chi connectivity index (χ0v) is 7.29. The van der Waals surface area contributed by atoms with Crippen LogP contribution in [0.25, 0.3) is 0 Å². The zero-order chi connectivity index (χ0) is 9.78. The van der Waals surface area contributed by atoms with Crippen LogP contribution >= 0.6 is 0 Å². The van der Waals surface area contributed by atoms with E-state index in [4.69, 9.17) is 17.3 Å². The molecule has 0 aliphatic carbocycles. The molecule has 0 aliphatic rings. The molecular formula is C6H15N5O. The summed E-state index contributed by atoms with van der Waals surface area (Å²) in [6.45, 7) is 3.48. The maximum atomic E-state index is 10.5. The lowest BCUT2D eigenvalue weighted by Gasteiger charge is -2.17. The van der Waals surface area contributed by atoms with Gasteiger partial charge < -0.3 is 11.5 Å². The van der Waals surface area contributed by atoms with Crippen LogP contribution in [-0.4, -0.2) is 17.4 Å². The number of carbonyl (C=O) groups is 1. The number of carbonyl (C=O) groups excluding carboxylic acids is 1. The van der Waals surface area contributed by atoms with Crippen molar-refractivity contribution in [3.8, 4) is 0 Å². The number of nitrogens with one attached hydrogen (secondary N) is 1. The first-order chi connectivity index (χ1) is 5.37. The van der Waals surface area contributed by atoms with Crippen LogP contribution in [0.15, 0.2) is 4.99 Å². The zero-order valence-electron chi connectivity index (χ0n) is 7.29. The Morgan fingerprint density at radius 2 is 2.00 bits per heavy atom. The number of aliphatic imine (C=N–C) groups is 1. The van der Waals surface area contributed by atoms with E-state index in [1.165, 1.54) is 0 Å². The summed E-state index contributed by atoms with van der Waals surface area (Å²) in [6.07, 6.45) is 0.134. The van der Waals surface area contributed by atoms with Crippen molar-refractivity contribution < 1.29 is 4.79 Å². The number of nitrogens with zero attached hydrogens (tertiary/aromatic N) is 1. The van der Waals surface area contributed by atoms with Gasteiger partial charge in [-0.05, 0) is 13.8 Å². The third-order valence-corrected chi connectivity index (χ3v) is 1.18. The van der Waals surface area contributed by atoms with Crippen LogP contribution in [0.2, 0.25) is 0 Å². The van der Waals surface area contributed by atoms with E-state index >= 15 is 0 Å². The summed E-state index contributed by atoms with van der Waals surface area (Å²) >= 11 is 0. The molecule has 6 nitrogen and oxygen atoms in total. The Morgan fingerprint density at radius 3 is 2.33 bits per heavy atom. The van der Waals surface area contributed by atoms with Gasteiger partial charge in [0.05, 0.1) is 12.0 Å². The fourth-order valence-electron chi connectivity index (χ4n) is 0.824. The monoisotopic (exact) mass is 173 g/mol. The second-order valence-electron chi connectivity index (χ2n) is 3.10. The van der Waals surface area contributed by atoms with Crippen molar-refractivity contribution in [2.75, 3.05) is 0 Å². The smallest absolute Gasteiger partial charge is 0.219 e. The standard InChI is InChI=1S/C6H15N5O/c1-6(2,3-4(7)12)10-5(8)11-9/h3,9H2,1-2H3,(H2,7,12)(H3,8,10,11). The minimum atomic E-state index is -0.609. The molecule has 0 heterocycles. The molecule has 0 aromatic rings. The number of amides is 1. The molecule has 12 heavy (non-hydrogen) atoms.